The van der Waals surface area contributed by atoms with E-state index in [-0.39, 0.29) is 29.6 Å². The summed E-state index contributed by atoms with van der Waals surface area (Å²) in [5.74, 6) is -0.705. The van der Waals surface area contributed by atoms with E-state index in [0.717, 1.165) is 31.6 Å². The van der Waals surface area contributed by atoms with E-state index in [1.165, 1.54) is 19.6 Å². The van der Waals surface area contributed by atoms with E-state index in [4.69, 9.17) is 4.74 Å². The topological polar surface area (TPSA) is 173 Å². The number of piperazine rings is 1. The van der Waals surface area contributed by atoms with E-state index in [0.29, 0.717) is 86.2 Å². The number of amides is 4. The van der Waals surface area contributed by atoms with Gasteiger partial charge in [-0.1, -0.05) is 30.3 Å². The van der Waals surface area contributed by atoms with Crippen molar-refractivity contribution in [2.45, 2.75) is 50.7 Å². The maximum atomic E-state index is 13.9. The van der Waals surface area contributed by atoms with Crippen LogP contribution in [0.3, 0.4) is 0 Å². The molecule has 60 heavy (non-hydrogen) atoms. The second kappa shape index (κ2) is 18.2. The molecular formula is C42H47F3N10O5. The molecule has 0 bridgehead atoms. The zero-order valence-electron chi connectivity index (χ0n) is 33.3. The largest absolute Gasteiger partial charge is 0.494 e. The summed E-state index contributed by atoms with van der Waals surface area (Å²) in [6, 6.07) is 19.3. The van der Waals surface area contributed by atoms with Crippen molar-refractivity contribution in [2.75, 3.05) is 79.1 Å². The zero-order valence-corrected chi connectivity index (χ0v) is 33.3. The van der Waals surface area contributed by atoms with Crippen molar-refractivity contribution in [3.63, 3.8) is 0 Å². The van der Waals surface area contributed by atoms with Crippen molar-refractivity contribution >= 4 is 63.8 Å². The van der Waals surface area contributed by atoms with Gasteiger partial charge < -0.3 is 35.8 Å². The average Bonchev–Trinajstić information content (AvgIpc) is 3.22. The second-order valence-corrected chi connectivity index (χ2v) is 15.0. The van der Waals surface area contributed by atoms with E-state index in [1.54, 1.807) is 42.5 Å². The highest BCUT2D eigenvalue weighted by molar-refractivity contribution is 6.01. The minimum Gasteiger partial charge on any atom is -0.494 e. The highest BCUT2D eigenvalue weighted by Gasteiger charge is 2.36. The quantitative estimate of drug-likeness (QED) is 0.111. The minimum absolute atomic E-state index is 0.0499. The molecule has 1 unspecified atom stereocenters. The fraction of sp³-hybridized carbons (Fsp3) is 0.381. The van der Waals surface area contributed by atoms with Crippen molar-refractivity contribution in [1.82, 2.24) is 25.1 Å². The first-order valence-corrected chi connectivity index (χ1v) is 19.8. The number of imide groups is 1. The number of para-hydroxylation sites is 1. The maximum Gasteiger partial charge on any atom is 0.421 e. The lowest BCUT2D eigenvalue weighted by molar-refractivity contribution is -0.137. The fourth-order valence-electron chi connectivity index (χ4n) is 7.71. The summed E-state index contributed by atoms with van der Waals surface area (Å²) in [6.45, 7) is 5.18. The summed E-state index contributed by atoms with van der Waals surface area (Å²) in [6.07, 6.45) is -1.41. The Bertz CT molecular complexity index is 2190. The molecule has 316 valence electrons. The Morgan fingerprint density at radius 2 is 1.60 bits per heavy atom. The van der Waals surface area contributed by atoms with Crippen LogP contribution >= 0.6 is 0 Å². The Morgan fingerprint density at radius 1 is 0.883 bits per heavy atom. The number of rotatable bonds is 12. The molecule has 0 saturated carbocycles. The summed E-state index contributed by atoms with van der Waals surface area (Å²) in [7, 11) is 1.46. The molecule has 0 spiro atoms. The number of ether oxygens (including phenoxy) is 1. The molecule has 3 aromatic carbocycles. The number of alkyl halides is 3. The maximum absolute atomic E-state index is 13.9. The van der Waals surface area contributed by atoms with E-state index >= 15 is 0 Å². The summed E-state index contributed by atoms with van der Waals surface area (Å²) < 4.78 is 47.4. The number of benzene rings is 3. The number of carbonyl (C=O) groups excluding carboxylic acids is 4. The number of halogens is 3. The lowest BCUT2D eigenvalue weighted by atomic mass is 9.89. The number of piperidine rings is 2. The van der Waals surface area contributed by atoms with Crippen molar-refractivity contribution in [1.29, 1.82) is 0 Å². The van der Waals surface area contributed by atoms with Crippen molar-refractivity contribution in [2.24, 2.45) is 0 Å². The first-order chi connectivity index (χ1) is 28.8. The predicted octanol–water partition coefficient (Wildman–Crippen LogP) is 5.69. The molecular weight excluding hydrogens is 782 g/mol. The van der Waals surface area contributed by atoms with Crippen molar-refractivity contribution in [3.05, 3.63) is 84.1 Å². The van der Waals surface area contributed by atoms with Crippen LogP contribution in [0.1, 0.15) is 49.7 Å². The normalized spacial score (nSPS) is 17.8. The number of methoxy groups -OCH3 is 1. The molecule has 3 fully saturated rings. The highest BCUT2D eigenvalue weighted by atomic mass is 19.4. The van der Waals surface area contributed by atoms with Crippen LogP contribution in [0.25, 0.3) is 0 Å². The van der Waals surface area contributed by atoms with Gasteiger partial charge in [0.2, 0.25) is 29.6 Å². The van der Waals surface area contributed by atoms with Crippen LogP contribution < -0.4 is 36.2 Å². The molecule has 18 heteroatoms. The Morgan fingerprint density at radius 3 is 2.25 bits per heavy atom. The lowest BCUT2D eigenvalue weighted by Gasteiger charge is -2.38. The van der Waals surface area contributed by atoms with Crippen LogP contribution in [0.2, 0.25) is 0 Å². The van der Waals surface area contributed by atoms with Gasteiger partial charge in [0.1, 0.15) is 23.2 Å². The van der Waals surface area contributed by atoms with Crippen LogP contribution in [0, 0.1) is 0 Å². The van der Waals surface area contributed by atoms with Gasteiger partial charge in [0.15, 0.2) is 0 Å². The summed E-state index contributed by atoms with van der Waals surface area (Å²) in [5, 5.41) is 14.1. The monoisotopic (exact) mass is 828 g/mol. The molecule has 3 saturated heterocycles. The number of hydrogen-bond acceptors (Lipinski definition) is 12. The van der Waals surface area contributed by atoms with Gasteiger partial charge in [-0.2, -0.15) is 18.2 Å². The number of nitrogens with zero attached hydrogens (tertiary/aromatic N) is 5. The molecule has 4 amide bonds. The predicted molar refractivity (Wildman–Crippen MR) is 221 cm³/mol. The Balaban J connectivity index is 0.947. The molecule has 5 N–H and O–H groups in total. The van der Waals surface area contributed by atoms with Gasteiger partial charge in [-0.3, -0.25) is 29.4 Å². The third kappa shape index (κ3) is 10.2. The highest BCUT2D eigenvalue weighted by Crippen LogP contribution is 2.40. The van der Waals surface area contributed by atoms with E-state index < -0.39 is 23.6 Å². The number of carbonyl (C=O) groups is 4. The number of aromatic nitrogens is 2. The summed E-state index contributed by atoms with van der Waals surface area (Å²) in [5.41, 5.74) is 2.81. The molecule has 0 radical (unpaired) electrons. The fourth-order valence-corrected chi connectivity index (χ4v) is 7.71. The van der Waals surface area contributed by atoms with Crippen molar-refractivity contribution < 1.29 is 37.1 Å². The van der Waals surface area contributed by atoms with Crippen LogP contribution in [-0.2, 0) is 25.4 Å². The molecule has 1 atom stereocenters. The van der Waals surface area contributed by atoms with Gasteiger partial charge in [-0.25, -0.2) is 4.98 Å². The van der Waals surface area contributed by atoms with E-state index in [9.17, 15) is 32.3 Å². The summed E-state index contributed by atoms with van der Waals surface area (Å²) in [4.78, 5) is 63.6. The lowest BCUT2D eigenvalue weighted by Crippen LogP contribution is -2.52. The van der Waals surface area contributed by atoms with Crippen molar-refractivity contribution in [3.8, 4) is 5.75 Å². The Kier molecular flexibility index (Phi) is 12.7. The van der Waals surface area contributed by atoms with Gasteiger partial charge >= 0.3 is 6.18 Å². The molecule has 4 heterocycles. The standard InChI is InChI=1S/C42H47F3N10O5/c1-26(56)47-33-22-34(50-41-46-24-31(42(43,44)45)39(52-41)49-29-6-4-3-5-7-29)36(60-2)23-35(33)54-18-20-55(21-19-54)38(58)25-53-16-14-28(15-17-53)27-8-10-30(11-9-27)48-32-12-13-37(57)51-40(32)59/h3-11,22-24,28,32,48H,12-21,25H2,1-2H3,(H,47,56)(H,51,57,59)(H2,46,49,50,52). The second-order valence-electron chi connectivity index (χ2n) is 15.0. The zero-order chi connectivity index (χ0) is 42.4. The molecule has 15 nitrogen and oxygen atoms in total. The Hall–Kier alpha value is -6.43. The average molecular weight is 829 g/mol. The number of nitrogens with one attached hydrogen (secondary N) is 5. The number of likely N-dealkylation sites (tertiary alicyclic amines) is 1. The van der Waals surface area contributed by atoms with Crippen LogP contribution in [-0.4, -0.2) is 102 Å². The Labute approximate surface area is 345 Å². The number of hydrogen-bond donors (Lipinski definition) is 5. The molecule has 3 aliphatic rings. The van der Waals surface area contributed by atoms with Crippen LogP contribution in [0.15, 0.2) is 72.9 Å². The van der Waals surface area contributed by atoms with Gasteiger partial charge in [-0.15, -0.1) is 0 Å². The third-order valence-corrected chi connectivity index (χ3v) is 10.9. The van der Waals surface area contributed by atoms with Gasteiger partial charge in [0.05, 0.1) is 30.7 Å². The summed E-state index contributed by atoms with van der Waals surface area (Å²) >= 11 is 0. The van der Waals surface area contributed by atoms with E-state index in [2.05, 4.69) is 58.5 Å². The molecule has 7 rings (SSSR count). The van der Waals surface area contributed by atoms with Crippen LogP contribution in [0.5, 0.6) is 5.75 Å². The molecule has 0 aliphatic carbocycles. The first kappa shape index (κ1) is 41.7. The smallest absolute Gasteiger partial charge is 0.421 e. The van der Waals surface area contributed by atoms with E-state index in [1.807, 2.05) is 17.0 Å². The minimum atomic E-state index is -4.71. The molecule has 3 aliphatic heterocycles. The van der Waals surface area contributed by atoms with Gasteiger partial charge in [0, 0.05) is 63.2 Å². The first-order valence-electron chi connectivity index (χ1n) is 19.8. The van der Waals surface area contributed by atoms with Crippen LogP contribution in [0.4, 0.5) is 53.4 Å². The molecule has 4 aromatic rings. The number of anilines is 7. The van der Waals surface area contributed by atoms with Gasteiger partial charge in [-0.05, 0) is 74.2 Å². The molecule has 1 aromatic heterocycles. The SMILES string of the molecule is COc1cc(N2CCN(C(=O)CN3CCC(c4ccc(NC5CCC(=O)NC5=O)cc4)CC3)CC2)c(NC(C)=O)cc1Nc1ncc(C(F)(F)F)c(Nc2ccccc2)n1. The third-order valence-electron chi connectivity index (χ3n) is 10.9. The van der Waals surface area contributed by atoms with Gasteiger partial charge in [0.25, 0.3) is 0 Å².